The molecule has 0 spiro atoms. The summed E-state index contributed by atoms with van der Waals surface area (Å²) in [6, 6.07) is -4.10. The predicted octanol–water partition coefficient (Wildman–Crippen LogP) is -8.57. The fourth-order valence-corrected chi connectivity index (χ4v) is 0.971. The summed E-state index contributed by atoms with van der Waals surface area (Å²) in [6.45, 7) is 0. The van der Waals surface area contributed by atoms with E-state index < -0.39 is 48.8 Å². The predicted molar refractivity (Wildman–Crippen MR) is 42.6 cm³/mol. The van der Waals surface area contributed by atoms with Crippen LogP contribution in [0.5, 0.6) is 0 Å². The quantitative estimate of drug-likeness (QED) is 0.325. The van der Waals surface area contributed by atoms with E-state index in [2.05, 4.69) is 0 Å². The maximum Gasteiger partial charge on any atom is 2.00 e. The summed E-state index contributed by atoms with van der Waals surface area (Å²) in [4.78, 5) is 41.3. The van der Waals surface area contributed by atoms with E-state index >= 15 is 0 Å². The van der Waals surface area contributed by atoms with E-state index in [1.807, 2.05) is 0 Å². The minimum absolute atomic E-state index is 0. The topological polar surface area (TPSA) is 170 Å². The molecule has 19 heavy (non-hydrogen) atoms. The van der Waals surface area contributed by atoms with Crippen LogP contribution in [0.4, 0.5) is 0 Å². The molecule has 0 radical (unpaired) electrons. The van der Waals surface area contributed by atoms with Crippen molar-refractivity contribution < 1.29 is 86.2 Å². The molecule has 9 nitrogen and oxygen atoms in total. The Bertz CT molecular complexity index is 336. The van der Waals surface area contributed by atoms with Crippen LogP contribution in [0, 0.1) is 0 Å². The average molecular weight is 325 g/mol. The number of rotatable bonds is 8. The zero-order valence-electron chi connectivity index (χ0n) is 9.73. The normalized spacial score (nSPS) is 10.8. The molecule has 0 heterocycles. The second-order valence-corrected chi connectivity index (χ2v) is 3.04. The van der Waals surface area contributed by atoms with E-state index in [1.54, 1.807) is 5.32 Å². The number of carboxylic acid groups (broad SMARTS) is 4. The van der Waals surface area contributed by atoms with Crippen molar-refractivity contribution in [3.8, 4) is 0 Å². The molecule has 0 aliphatic heterocycles. The molecule has 0 aromatic heterocycles. The van der Waals surface area contributed by atoms with Crippen LogP contribution >= 0.6 is 0 Å². The number of carboxylic acids is 4. The van der Waals surface area contributed by atoms with E-state index in [0.29, 0.717) is 0 Å². The summed E-state index contributed by atoms with van der Waals surface area (Å²) < 4.78 is 0. The van der Waals surface area contributed by atoms with Crippen molar-refractivity contribution in [2.24, 2.45) is 0 Å². The molecular formula is C8H8FeNNaO8. The third-order valence-corrected chi connectivity index (χ3v) is 1.77. The Kier molecular flexibility index (Phi) is 13.8. The van der Waals surface area contributed by atoms with E-state index in [-0.39, 0.29) is 46.6 Å². The van der Waals surface area contributed by atoms with Crippen LogP contribution in [-0.2, 0) is 36.2 Å². The molecule has 0 aliphatic carbocycles. The van der Waals surface area contributed by atoms with Gasteiger partial charge >= 0.3 is 52.6 Å². The van der Waals surface area contributed by atoms with Crippen LogP contribution in [0.3, 0.4) is 0 Å². The molecule has 11 heteroatoms. The Balaban J connectivity index is -0.00000128. The maximum atomic E-state index is 10.5. The van der Waals surface area contributed by atoms with Gasteiger partial charge in [0.05, 0.1) is 23.9 Å². The van der Waals surface area contributed by atoms with E-state index in [9.17, 15) is 34.5 Å². The average Bonchev–Trinajstić information content (AvgIpc) is 2.15. The largest absolute Gasteiger partial charge is 2.00 e. The first-order valence-electron chi connectivity index (χ1n) is 4.36. The molecule has 0 unspecified atom stereocenters. The van der Waals surface area contributed by atoms with E-state index in [1.165, 1.54) is 0 Å². The zero-order chi connectivity index (χ0) is 13.6. The summed E-state index contributed by atoms with van der Waals surface area (Å²) in [7, 11) is 0. The van der Waals surface area contributed by atoms with Gasteiger partial charge in [-0.25, -0.2) is 0 Å². The standard InChI is InChI=1S/C8H11NO8.Fe.Na/c10-4(11)2-1-3(6(12)13)9-5(7(14)15)8(16)17;;/h3,5,9H,1-2H2,(H,10,11)(H,12,13)(H,14,15)(H,16,17);;/q;+2;+1/p-3/t3-;;/m0../s1. The monoisotopic (exact) mass is 325 g/mol. The number of carbonyl (C=O) groups is 4. The van der Waals surface area contributed by atoms with Gasteiger partial charge in [-0.3, -0.25) is 10.1 Å². The Hall–Kier alpha value is -0.641. The Morgan fingerprint density at radius 1 is 1.00 bits per heavy atom. The fraction of sp³-hybridized carbons (Fsp3) is 0.500. The first-order valence-corrected chi connectivity index (χ1v) is 4.36. The second kappa shape index (κ2) is 11.2. The van der Waals surface area contributed by atoms with Gasteiger partial charge in [-0.1, -0.05) is 0 Å². The van der Waals surface area contributed by atoms with Crippen molar-refractivity contribution in [1.29, 1.82) is 0 Å². The summed E-state index contributed by atoms with van der Waals surface area (Å²) in [5.74, 6) is -7.33. The second-order valence-electron chi connectivity index (χ2n) is 3.04. The molecule has 0 saturated heterocycles. The van der Waals surface area contributed by atoms with Crippen LogP contribution in [0.2, 0.25) is 0 Å². The van der Waals surface area contributed by atoms with Crippen LogP contribution in [0.15, 0.2) is 0 Å². The maximum absolute atomic E-state index is 10.5. The zero-order valence-corrected chi connectivity index (χ0v) is 12.8. The Morgan fingerprint density at radius 3 is 1.68 bits per heavy atom. The third-order valence-electron chi connectivity index (χ3n) is 1.77. The van der Waals surface area contributed by atoms with Crippen molar-refractivity contribution >= 4 is 23.9 Å². The van der Waals surface area contributed by atoms with E-state index in [0.717, 1.165) is 0 Å². The van der Waals surface area contributed by atoms with E-state index in [4.69, 9.17) is 5.11 Å². The molecule has 102 valence electrons. The molecule has 0 fully saturated rings. The molecule has 0 aliphatic rings. The van der Waals surface area contributed by atoms with Gasteiger partial charge in [0, 0.05) is 12.5 Å². The van der Waals surface area contributed by atoms with Gasteiger partial charge in [0.25, 0.3) is 0 Å². The van der Waals surface area contributed by atoms with Crippen LogP contribution in [0.25, 0.3) is 0 Å². The first kappa shape index (κ1) is 23.5. The van der Waals surface area contributed by atoms with Gasteiger partial charge in [0.2, 0.25) is 0 Å². The number of carbonyl (C=O) groups excluding carboxylic acids is 3. The van der Waals surface area contributed by atoms with Crippen molar-refractivity contribution in [2.45, 2.75) is 24.9 Å². The molecule has 0 bridgehead atoms. The number of hydrogen-bond donors (Lipinski definition) is 2. The fourth-order valence-electron chi connectivity index (χ4n) is 0.971. The molecule has 0 aromatic rings. The number of aliphatic carboxylic acids is 4. The van der Waals surface area contributed by atoms with Crippen molar-refractivity contribution in [3.05, 3.63) is 0 Å². The smallest absolute Gasteiger partial charge is 0.548 e. The first-order chi connectivity index (χ1) is 7.75. The number of hydrogen-bond acceptors (Lipinski definition) is 8. The molecule has 0 amide bonds. The van der Waals surface area contributed by atoms with Gasteiger partial charge in [-0.2, -0.15) is 0 Å². The van der Waals surface area contributed by atoms with Gasteiger partial charge in [0.15, 0.2) is 0 Å². The molecule has 1 atom stereocenters. The third kappa shape index (κ3) is 9.88. The summed E-state index contributed by atoms with van der Waals surface area (Å²) in [5.41, 5.74) is 0. The molecular weight excluding hydrogens is 317 g/mol. The summed E-state index contributed by atoms with van der Waals surface area (Å²) >= 11 is 0. The minimum atomic E-state index is -2.35. The van der Waals surface area contributed by atoms with Gasteiger partial charge in [-0.05, 0) is 6.42 Å². The summed E-state index contributed by atoms with van der Waals surface area (Å²) in [5, 5.41) is 41.1. The van der Waals surface area contributed by atoms with Crippen molar-refractivity contribution in [2.75, 3.05) is 0 Å². The van der Waals surface area contributed by atoms with Crippen molar-refractivity contribution in [1.82, 2.24) is 5.32 Å². The Labute approximate surface area is 140 Å². The molecule has 0 rings (SSSR count). The number of nitrogens with one attached hydrogen (secondary N) is 1. The van der Waals surface area contributed by atoms with Crippen LogP contribution in [-0.4, -0.2) is 41.1 Å². The molecule has 0 saturated carbocycles. The molecule has 0 aromatic carbocycles. The summed E-state index contributed by atoms with van der Waals surface area (Å²) in [6.07, 6.45) is -1.13. The molecule has 2 N–H and O–H groups in total. The van der Waals surface area contributed by atoms with Crippen molar-refractivity contribution in [3.63, 3.8) is 0 Å². The minimum Gasteiger partial charge on any atom is -0.548 e. The Morgan fingerprint density at radius 2 is 1.42 bits per heavy atom. The van der Waals surface area contributed by atoms with Gasteiger partial charge < -0.3 is 34.8 Å². The van der Waals surface area contributed by atoms with Gasteiger partial charge in [0.1, 0.15) is 0 Å². The SMILES string of the molecule is O=C(O)CC[C@H](NC(C(=O)[O-])C(=O)[O-])C(=O)[O-].[Fe+2].[Na+]. The van der Waals surface area contributed by atoms with Gasteiger partial charge in [-0.15, -0.1) is 0 Å². The van der Waals surface area contributed by atoms with Crippen LogP contribution < -0.4 is 50.2 Å². The van der Waals surface area contributed by atoms with Crippen LogP contribution in [0.1, 0.15) is 12.8 Å².